The lowest BCUT2D eigenvalue weighted by Gasteiger charge is -2.04. The summed E-state index contributed by atoms with van der Waals surface area (Å²) < 4.78 is 0. The van der Waals surface area contributed by atoms with E-state index in [9.17, 15) is 0 Å². The monoisotopic (exact) mass is 154 g/mol. The van der Waals surface area contributed by atoms with Crippen molar-refractivity contribution in [2.45, 2.75) is 19.8 Å². The Labute approximate surface area is 64.9 Å². The second kappa shape index (κ2) is 1.52. The highest BCUT2D eigenvalue weighted by atomic mass is 32.2. The molecule has 0 aromatic rings. The van der Waals surface area contributed by atoms with Crippen molar-refractivity contribution < 1.29 is 0 Å². The Bertz CT molecular complexity index is 219. The molecule has 0 bridgehead atoms. The fourth-order valence-electron chi connectivity index (χ4n) is 2.34. The molecule has 3 aliphatic rings. The first kappa shape index (κ1) is 5.82. The molecule has 3 rings (SSSR count). The molecular formula is C9H14S. The molecule has 0 aromatic heterocycles. The maximum atomic E-state index is 2.48. The number of fused-ring (bicyclic) bond motifs is 1. The standard InChI is InChI=1S/C9H14S/c1-9-6-8(9)7(9)2-3-10-4-5-10/h4,7-8H,2-3,5-6H2,1H3. The number of hydrogen-bond acceptors (Lipinski definition) is 0. The quantitative estimate of drug-likeness (QED) is 0.546. The van der Waals surface area contributed by atoms with E-state index in [1.807, 2.05) is 0 Å². The Morgan fingerprint density at radius 3 is 2.80 bits per heavy atom. The Kier molecular flexibility index (Phi) is 0.887. The van der Waals surface area contributed by atoms with Crippen LogP contribution in [0.4, 0.5) is 0 Å². The molecule has 0 aromatic carbocycles. The van der Waals surface area contributed by atoms with Crippen LogP contribution >= 0.6 is 10.5 Å². The fourth-order valence-corrected chi connectivity index (χ4v) is 3.61. The molecule has 1 aliphatic heterocycles. The molecule has 0 nitrogen and oxygen atoms in total. The molecule has 0 saturated heterocycles. The van der Waals surface area contributed by atoms with Gasteiger partial charge in [-0.25, -0.2) is 0 Å². The van der Waals surface area contributed by atoms with E-state index in [0.29, 0.717) is 0 Å². The zero-order chi connectivity index (χ0) is 6.77. The zero-order valence-electron chi connectivity index (χ0n) is 6.47. The summed E-state index contributed by atoms with van der Waals surface area (Å²) in [4.78, 5) is 0. The second-order valence-corrected chi connectivity index (χ2v) is 6.44. The van der Waals surface area contributed by atoms with Gasteiger partial charge in [-0.05, 0) is 35.8 Å². The first-order chi connectivity index (χ1) is 4.81. The van der Waals surface area contributed by atoms with Crippen molar-refractivity contribution in [3.8, 4) is 0 Å². The summed E-state index contributed by atoms with van der Waals surface area (Å²) in [7, 11) is 0.816. The molecule has 0 N–H and O–H groups in total. The van der Waals surface area contributed by atoms with Crippen LogP contribution < -0.4 is 0 Å². The highest BCUT2D eigenvalue weighted by molar-refractivity contribution is 8.22. The zero-order valence-corrected chi connectivity index (χ0v) is 7.29. The van der Waals surface area contributed by atoms with E-state index in [1.54, 1.807) is 12.8 Å². The molecule has 0 radical (unpaired) electrons. The van der Waals surface area contributed by atoms with Crippen LogP contribution in [0.5, 0.6) is 0 Å². The Hall–Kier alpha value is 0.220. The van der Waals surface area contributed by atoms with E-state index in [4.69, 9.17) is 0 Å². The third kappa shape index (κ3) is 0.674. The van der Waals surface area contributed by atoms with Crippen molar-refractivity contribution in [1.29, 1.82) is 0 Å². The van der Waals surface area contributed by atoms with Gasteiger partial charge < -0.3 is 0 Å². The second-order valence-electron chi connectivity index (χ2n) is 4.29. The van der Waals surface area contributed by atoms with Gasteiger partial charge in [-0.1, -0.05) is 12.3 Å². The SMILES string of the molecule is CC12CC1C2CCS1=CC1. The smallest absolute Gasteiger partial charge is 0.0115 e. The molecule has 0 amide bonds. The van der Waals surface area contributed by atoms with Gasteiger partial charge in [0, 0.05) is 5.75 Å². The third-order valence-corrected chi connectivity index (χ3v) is 5.23. The van der Waals surface area contributed by atoms with Gasteiger partial charge in [-0.15, -0.1) is 0 Å². The highest BCUT2D eigenvalue weighted by Crippen LogP contribution is 2.80. The number of hydrogen-bond donors (Lipinski definition) is 0. The van der Waals surface area contributed by atoms with Crippen LogP contribution in [0.2, 0.25) is 0 Å². The van der Waals surface area contributed by atoms with Crippen LogP contribution in [-0.2, 0) is 0 Å². The molecule has 2 saturated carbocycles. The van der Waals surface area contributed by atoms with E-state index in [-0.39, 0.29) is 0 Å². The van der Waals surface area contributed by atoms with Gasteiger partial charge in [0.1, 0.15) is 0 Å². The minimum Gasteiger partial charge on any atom is -0.185 e. The van der Waals surface area contributed by atoms with Crippen LogP contribution in [0.15, 0.2) is 0 Å². The lowest BCUT2D eigenvalue weighted by Crippen LogP contribution is -1.95. The highest BCUT2D eigenvalue weighted by Gasteiger charge is 2.74. The summed E-state index contributed by atoms with van der Waals surface area (Å²) >= 11 is 0. The minimum absolute atomic E-state index is 0.816. The lowest BCUT2D eigenvalue weighted by atomic mass is 10.1. The summed E-state index contributed by atoms with van der Waals surface area (Å²) in [6.07, 6.45) is 3.12. The van der Waals surface area contributed by atoms with E-state index >= 15 is 0 Å². The summed E-state index contributed by atoms with van der Waals surface area (Å²) in [6, 6.07) is 0. The Morgan fingerprint density at radius 2 is 2.40 bits per heavy atom. The van der Waals surface area contributed by atoms with Gasteiger partial charge in [-0.3, -0.25) is 0 Å². The van der Waals surface area contributed by atoms with E-state index in [1.165, 1.54) is 23.3 Å². The summed E-state index contributed by atoms with van der Waals surface area (Å²) in [5.41, 5.74) is 0.888. The third-order valence-electron chi connectivity index (χ3n) is 3.66. The van der Waals surface area contributed by atoms with E-state index < -0.39 is 0 Å². The average molecular weight is 154 g/mol. The Morgan fingerprint density at radius 1 is 1.70 bits per heavy atom. The lowest BCUT2D eigenvalue weighted by molar-refractivity contribution is 0.509. The van der Waals surface area contributed by atoms with Crippen molar-refractivity contribution >= 4 is 15.9 Å². The van der Waals surface area contributed by atoms with Crippen LogP contribution in [-0.4, -0.2) is 16.9 Å². The fraction of sp³-hybridized carbons (Fsp3) is 0.889. The molecule has 1 heteroatoms. The van der Waals surface area contributed by atoms with Crippen LogP contribution in [0, 0.1) is 17.3 Å². The van der Waals surface area contributed by atoms with Gasteiger partial charge in [-0.2, -0.15) is 10.5 Å². The summed E-state index contributed by atoms with van der Waals surface area (Å²) in [6.45, 7) is 2.47. The maximum Gasteiger partial charge on any atom is 0.0115 e. The minimum atomic E-state index is 0.816. The first-order valence-electron chi connectivity index (χ1n) is 4.30. The van der Waals surface area contributed by atoms with Crippen molar-refractivity contribution in [3.05, 3.63) is 0 Å². The molecule has 4 atom stereocenters. The molecule has 10 heavy (non-hydrogen) atoms. The maximum absolute atomic E-state index is 2.48. The summed E-state index contributed by atoms with van der Waals surface area (Å²) in [5, 5.41) is 2.48. The number of rotatable bonds is 3. The van der Waals surface area contributed by atoms with Crippen LogP contribution in [0.25, 0.3) is 0 Å². The van der Waals surface area contributed by atoms with Gasteiger partial charge >= 0.3 is 0 Å². The molecule has 56 valence electrons. The van der Waals surface area contributed by atoms with Crippen molar-refractivity contribution in [2.75, 3.05) is 11.5 Å². The first-order valence-corrected chi connectivity index (χ1v) is 5.93. The van der Waals surface area contributed by atoms with Gasteiger partial charge in [0.15, 0.2) is 0 Å². The van der Waals surface area contributed by atoms with Gasteiger partial charge in [0.05, 0.1) is 0 Å². The topological polar surface area (TPSA) is 0 Å². The van der Waals surface area contributed by atoms with Crippen LogP contribution in [0.1, 0.15) is 19.8 Å². The van der Waals surface area contributed by atoms with Crippen molar-refractivity contribution in [2.24, 2.45) is 17.3 Å². The van der Waals surface area contributed by atoms with Gasteiger partial charge in [0.2, 0.25) is 0 Å². The normalized spacial score (nSPS) is 60.7. The molecular weight excluding hydrogens is 140 g/mol. The molecule has 2 aliphatic carbocycles. The predicted octanol–water partition coefficient (Wildman–Crippen LogP) is 2.12. The van der Waals surface area contributed by atoms with E-state index in [2.05, 4.69) is 12.3 Å². The van der Waals surface area contributed by atoms with E-state index in [0.717, 1.165) is 15.9 Å². The van der Waals surface area contributed by atoms with Crippen molar-refractivity contribution in [1.82, 2.24) is 0 Å². The predicted molar refractivity (Wildman–Crippen MR) is 47.7 cm³/mol. The van der Waals surface area contributed by atoms with Crippen LogP contribution in [0.3, 0.4) is 0 Å². The van der Waals surface area contributed by atoms with Crippen molar-refractivity contribution in [3.63, 3.8) is 0 Å². The summed E-state index contributed by atoms with van der Waals surface area (Å²) in [5.74, 6) is 5.36. The molecule has 4 unspecified atom stereocenters. The average Bonchev–Trinajstić information content (AvgIpc) is 2.65. The largest absolute Gasteiger partial charge is 0.185 e. The van der Waals surface area contributed by atoms with Gasteiger partial charge in [0.25, 0.3) is 0 Å². The molecule has 1 heterocycles. The molecule has 2 fully saturated rings. The Balaban J connectivity index is 1.50. The molecule has 0 spiro atoms.